The monoisotopic (exact) mass is 455 g/mol. The minimum Gasteiger partial charge on any atom is -0.490 e. The smallest absolute Gasteiger partial charge is 0.238 e. The molecule has 0 radical (unpaired) electrons. The van der Waals surface area contributed by atoms with E-state index in [0.717, 1.165) is 5.56 Å². The van der Waals surface area contributed by atoms with Crippen molar-refractivity contribution in [3.05, 3.63) is 54.1 Å². The highest BCUT2D eigenvalue weighted by molar-refractivity contribution is 5.93. The van der Waals surface area contributed by atoms with E-state index in [-0.39, 0.29) is 30.7 Å². The molecule has 1 atom stereocenters. The van der Waals surface area contributed by atoms with Gasteiger partial charge in [0.2, 0.25) is 11.8 Å². The van der Waals surface area contributed by atoms with E-state index in [9.17, 15) is 14.4 Å². The zero-order valence-corrected chi connectivity index (χ0v) is 19.7. The number of hydrogen-bond donors (Lipinski definition) is 2. The molecular weight excluding hydrogens is 422 g/mol. The van der Waals surface area contributed by atoms with Crippen LogP contribution < -0.4 is 20.1 Å². The lowest BCUT2D eigenvalue weighted by Crippen LogP contribution is -2.46. The van der Waals surface area contributed by atoms with E-state index >= 15 is 0 Å². The van der Waals surface area contributed by atoms with Gasteiger partial charge in [-0.15, -0.1) is 0 Å². The molecule has 2 amide bonds. The molecule has 2 aromatic rings. The minimum atomic E-state index is -0.608. The fourth-order valence-electron chi connectivity index (χ4n) is 3.26. The molecule has 0 fully saturated rings. The van der Waals surface area contributed by atoms with E-state index in [2.05, 4.69) is 10.6 Å². The molecule has 2 N–H and O–H groups in total. The summed E-state index contributed by atoms with van der Waals surface area (Å²) in [5.41, 5.74) is 1.54. The largest absolute Gasteiger partial charge is 0.490 e. The Morgan fingerprint density at radius 2 is 1.55 bits per heavy atom. The van der Waals surface area contributed by atoms with E-state index in [0.29, 0.717) is 36.8 Å². The number of likely N-dealkylation sites (N-methyl/N-ethyl adjacent to an activating group) is 1. The molecule has 8 nitrogen and oxygen atoms in total. The van der Waals surface area contributed by atoms with Gasteiger partial charge in [0.25, 0.3) is 0 Å². The number of hydrogen-bond acceptors (Lipinski definition) is 6. The molecule has 8 heteroatoms. The van der Waals surface area contributed by atoms with Crippen molar-refractivity contribution in [2.45, 2.75) is 33.2 Å². The maximum atomic E-state index is 12.4. The summed E-state index contributed by atoms with van der Waals surface area (Å²) in [6, 6.07) is 14.1. The summed E-state index contributed by atoms with van der Waals surface area (Å²) >= 11 is 0. The molecule has 2 rings (SSSR count). The average Bonchev–Trinajstić information content (AvgIpc) is 2.75. The van der Waals surface area contributed by atoms with Crippen LogP contribution in [-0.2, 0) is 20.8 Å². The van der Waals surface area contributed by atoms with Crippen LogP contribution in [0.1, 0.15) is 26.3 Å². The minimum absolute atomic E-state index is 0.00796. The summed E-state index contributed by atoms with van der Waals surface area (Å²) in [5, 5.41) is 5.57. The highest BCUT2D eigenvalue weighted by Gasteiger charge is 2.19. The van der Waals surface area contributed by atoms with Crippen LogP contribution in [0, 0.1) is 0 Å². The number of nitrogens with one attached hydrogen (secondary N) is 2. The maximum Gasteiger partial charge on any atom is 0.238 e. The molecular formula is C25H33N3O5. The number of ketones is 1. The molecule has 0 saturated carbocycles. The lowest BCUT2D eigenvalue weighted by atomic mass is 10.0. The van der Waals surface area contributed by atoms with Crippen LogP contribution in [0.25, 0.3) is 0 Å². The van der Waals surface area contributed by atoms with Crippen LogP contribution in [0.4, 0.5) is 5.69 Å². The highest BCUT2D eigenvalue weighted by atomic mass is 16.5. The van der Waals surface area contributed by atoms with Gasteiger partial charge in [0.15, 0.2) is 17.3 Å². The van der Waals surface area contributed by atoms with Crippen LogP contribution in [0.15, 0.2) is 48.5 Å². The molecule has 1 unspecified atom stereocenters. The standard InChI is InChI=1S/C25H33N3O5/c1-5-32-22-13-12-20(15-23(22)33-6-2)26-24(30)16-28(4)17-25(31)27-21(18(3)29)14-19-10-8-7-9-11-19/h7-13,15,21H,5-6,14,16-17H2,1-4H3,(H,26,30)(H,27,31). The number of rotatable bonds is 13. The van der Waals surface area contributed by atoms with Gasteiger partial charge < -0.3 is 20.1 Å². The summed E-state index contributed by atoms with van der Waals surface area (Å²) in [4.78, 5) is 38.5. The molecule has 0 aliphatic carbocycles. The molecule has 0 aliphatic heterocycles. The molecule has 0 saturated heterocycles. The van der Waals surface area contributed by atoms with Crippen LogP contribution >= 0.6 is 0 Å². The summed E-state index contributed by atoms with van der Waals surface area (Å²) in [6.07, 6.45) is 0.423. The molecule has 0 heterocycles. The Kier molecular flexibility index (Phi) is 10.4. The van der Waals surface area contributed by atoms with Crippen molar-refractivity contribution >= 4 is 23.3 Å². The lowest BCUT2D eigenvalue weighted by Gasteiger charge is -2.20. The third kappa shape index (κ3) is 8.94. The lowest BCUT2D eigenvalue weighted by molar-refractivity contribution is -0.128. The number of benzene rings is 2. The number of amides is 2. The Morgan fingerprint density at radius 1 is 0.909 bits per heavy atom. The van der Waals surface area contributed by atoms with E-state index in [1.54, 1.807) is 30.1 Å². The number of ether oxygens (including phenoxy) is 2. The van der Waals surface area contributed by atoms with Crippen LogP contribution in [0.5, 0.6) is 11.5 Å². The Morgan fingerprint density at radius 3 is 2.18 bits per heavy atom. The quantitative estimate of drug-likeness (QED) is 0.482. The van der Waals surface area contributed by atoms with Gasteiger partial charge in [0.05, 0.1) is 32.3 Å². The van der Waals surface area contributed by atoms with Crippen LogP contribution in [0.2, 0.25) is 0 Å². The zero-order valence-electron chi connectivity index (χ0n) is 19.7. The van der Waals surface area contributed by atoms with E-state index in [4.69, 9.17) is 9.47 Å². The van der Waals surface area contributed by atoms with Crippen LogP contribution in [0.3, 0.4) is 0 Å². The number of anilines is 1. The van der Waals surface area contributed by atoms with Crippen molar-refractivity contribution in [1.82, 2.24) is 10.2 Å². The summed E-state index contributed by atoms with van der Waals surface area (Å²) in [7, 11) is 1.67. The normalized spacial score (nSPS) is 11.5. The van der Waals surface area contributed by atoms with E-state index in [1.165, 1.54) is 6.92 Å². The maximum absolute atomic E-state index is 12.4. The first kappa shape index (κ1) is 25.9. The summed E-state index contributed by atoms with van der Waals surface area (Å²) in [5.74, 6) is 0.457. The molecule has 0 bridgehead atoms. The number of Topliss-reactive ketones (excluding diaryl/α,β-unsaturated/α-hetero) is 1. The van der Waals surface area contributed by atoms with Gasteiger partial charge in [-0.05, 0) is 51.9 Å². The topological polar surface area (TPSA) is 97.0 Å². The fourth-order valence-corrected chi connectivity index (χ4v) is 3.26. The van der Waals surface area contributed by atoms with E-state index < -0.39 is 6.04 Å². The van der Waals surface area contributed by atoms with E-state index in [1.807, 2.05) is 44.2 Å². The van der Waals surface area contributed by atoms with Gasteiger partial charge in [0.1, 0.15) is 0 Å². The molecule has 33 heavy (non-hydrogen) atoms. The first-order valence-corrected chi connectivity index (χ1v) is 11.0. The predicted octanol–water partition coefficient (Wildman–Crippen LogP) is 2.67. The Bertz CT molecular complexity index is 933. The van der Waals surface area contributed by atoms with Crippen molar-refractivity contribution in [1.29, 1.82) is 0 Å². The fraction of sp³-hybridized carbons (Fsp3) is 0.400. The van der Waals surface area contributed by atoms with Crippen molar-refractivity contribution in [2.24, 2.45) is 0 Å². The van der Waals surface area contributed by atoms with Gasteiger partial charge >= 0.3 is 0 Å². The molecule has 0 aliphatic rings. The Hall–Kier alpha value is -3.39. The van der Waals surface area contributed by atoms with Crippen molar-refractivity contribution in [3.8, 4) is 11.5 Å². The Labute approximate surface area is 195 Å². The summed E-state index contributed by atoms with van der Waals surface area (Å²) in [6.45, 7) is 6.19. The third-order valence-electron chi connectivity index (χ3n) is 4.76. The first-order valence-electron chi connectivity index (χ1n) is 11.0. The molecule has 0 spiro atoms. The Balaban J connectivity index is 1.88. The van der Waals surface area contributed by atoms with Gasteiger partial charge in [0, 0.05) is 11.8 Å². The predicted molar refractivity (Wildman–Crippen MR) is 128 cm³/mol. The van der Waals surface area contributed by atoms with Gasteiger partial charge in [-0.25, -0.2) is 0 Å². The SMILES string of the molecule is CCOc1ccc(NC(=O)CN(C)CC(=O)NC(Cc2ccccc2)C(C)=O)cc1OCC. The molecule has 2 aromatic carbocycles. The van der Waals surface area contributed by atoms with Gasteiger partial charge in [-0.2, -0.15) is 0 Å². The highest BCUT2D eigenvalue weighted by Crippen LogP contribution is 2.30. The number of carbonyl (C=O) groups excluding carboxylic acids is 3. The number of nitrogens with zero attached hydrogens (tertiary/aromatic N) is 1. The third-order valence-corrected chi connectivity index (χ3v) is 4.76. The van der Waals surface area contributed by atoms with Crippen molar-refractivity contribution in [2.75, 3.05) is 38.7 Å². The van der Waals surface area contributed by atoms with Gasteiger partial charge in [-0.3, -0.25) is 19.3 Å². The summed E-state index contributed by atoms with van der Waals surface area (Å²) < 4.78 is 11.1. The van der Waals surface area contributed by atoms with Gasteiger partial charge in [-0.1, -0.05) is 30.3 Å². The van der Waals surface area contributed by atoms with Crippen LogP contribution in [-0.4, -0.2) is 61.9 Å². The number of carbonyl (C=O) groups is 3. The molecule has 178 valence electrons. The second kappa shape index (κ2) is 13.2. The second-order valence-electron chi connectivity index (χ2n) is 7.67. The average molecular weight is 456 g/mol. The van der Waals surface area contributed by atoms with Crippen molar-refractivity contribution in [3.63, 3.8) is 0 Å². The first-order chi connectivity index (χ1) is 15.8. The van der Waals surface area contributed by atoms with Crippen molar-refractivity contribution < 1.29 is 23.9 Å². The second-order valence-corrected chi connectivity index (χ2v) is 7.67. The molecule has 0 aromatic heterocycles. The zero-order chi connectivity index (χ0) is 24.2.